The number of rotatable bonds is 1. The highest BCUT2D eigenvalue weighted by Crippen LogP contribution is 2.42. The Hall–Kier alpha value is -2.50. The number of piperidine rings is 1. The third kappa shape index (κ3) is 2.17. The minimum atomic E-state index is -0.505. The zero-order chi connectivity index (χ0) is 16.0. The van der Waals surface area contributed by atoms with Gasteiger partial charge in [0.25, 0.3) is 5.91 Å². The van der Waals surface area contributed by atoms with Crippen LogP contribution in [0.15, 0.2) is 30.6 Å². The zero-order valence-corrected chi connectivity index (χ0v) is 12.7. The molecule has 1 saturated heterocycles. The van der Waals surface area contributed by atoms with E-state index in [9.17, 15) is 14.4 Å². The molecule has 6 nitrogen and oxygen atoms in total. The van der Waals surface area contributed by atoms with E-state index in [2.05, 4.69) is 5.10 Å². The van der Waals surface area contributed by atoms with Crippen LogP contribution in [0.25, 0.3) is 5.52 Å². The van der Waals surface area contributed by atoms with Crippen molar-refractivity contribution in [2.45, 2.75) is 25.7 Å². The molecule has 0 unspecified atom stereocenters. The first kappa shape index (κ1) is 14.1. The van der Waals surface area contributed by atoms with E-state index >= 15 is 0 Å². The molecule has 2 aromatic rings. The second kappa shape index (κ2) is 5.01. The lowest BCUT2D eigenvalue weighted by molar-refractivity contribution is -0.128. The summed E-state index contributed by atoms with van der Waals surface area (Å²) in [6.07, 6.45) is 4.99. The first-order valence-corrected chi connectivity index (χ1v) is 7.86. The van der Waals surface area contributed by atoms with Crippen LogP contribution in [0.4, 0.5) is 0 Å². The average Bonchev–Trinajstić information content (AvgIpc) is 3.09. The molecule has 0 atom stereocenters. The maximum Gasteiger partial charge on any atom is 0.257 e. The highest BCUT2D eigenvalue weighted by Gasteiger charge is 2.48. The van der Waals surface area contributed by atoms with Gasteiger partial charge in [-0.05, 0) is 25.0 Å². The second-order valence-electron chi connectivity index (χ2n) is 6.48. The molecule has 2 aliphatic rings. The van der Waals surface area contributed by atoms with Crippen LogP contribution in [0.2, 0.25) is 0 Å². The van der Waals surface area contributed by atoms with E-state index in [0.717, 1.165) is 5.52 Å². The van der Waals surface area contributed by atoms with E-state index in [0.29, 0.717) is 37.9 Å². The number of nitrogens with zero attached hydrogens (tertiary/aromatic N) is 3. The lowest BCUT2D eigenvalue weighted by Crippen LogP contribution is -2.44. The number of Topliss-reactive ketones (excluding diaryl/α,β-unsaturated/α-hetero) is 2. The number of hydrogen-bond donors (Lipinski definition) is 0. The molecule has 0 aromatic carbocycles. The standard InChI is InChI=1S/C17H17N3O3/c21-12-9-15(22)17(10-12)4-7-19(8-5-17)16(23)13-11-18-20-6-2-1-3-14(13)20/h1-3,6,11H,4-5,7-10H2. The molecule has 23 heavy (non-hydrogen) atoms. The molecular weight excluding hydrogens is 294 g/mol. The summed E-state index contributed by atoms with van der Waals surface area (Å²) in [5.41, 5.74) is 0.856. The molecule has 1 spiro atoms. The van der Waals surface area contributed by atoms with Crippen molar-refractivity contribution in [1.29, 1.82) is 0 Å². The fourth-order valence-electron chi connectivity index (χ4n) is 3.77. The van der Waals surface area contributed by atoms with Gasteiger partial charge < -0.3 is 4.90 Å². The third-order valence-electron chi connectivity index (χ3n) is 5.15. The molecule has 1 saturated carbocycles. The van der Waals surface area contributed by atoms with Crippen LogP contribution >= 0.6 is 0 Å². The van der Waals surface area contributed by atoms with Crippen molar-refractivity contribution in [1.82, 2.24) is 14.5 Å². The minimum Gasteiger partial charge on any atom is -0.338 e. The van der Waals surface area contributed by atoms with Crippen LogP contribution in [0.1, 0.15) is 36.0 Å². The highest BCUT2D eigenvalue weighted by molar-refractivity contribution is 6.09. The van der Waals surface area contributed by atoms with E-state index < -0.39 is 5.41 Å². The van der Waals surface area contributed by atoms with Crippen molar-refractivity contribution in [3.63, 3.8) is 0 Å². The Labute approximate surface area is 133 Å². The summed E-state index contributed by atoms with van der Waals surface area (Å²) in [5.74, 6) is 0.0424. The molecule has 0 radical (unpaired) electrons. The second-order valence-corrected chi connectivity index (χ2v) is 6.48. The van der Waals surface area contributed by atoms with Crippen LogP contribution in [-0.2, 0) is 9.59 Å². The SMILES string of the molecule is O=C1CC(=O)C2(CCN(C(=O)c3cnn4ccccc34)CC2)C1. The number of likely N-dealkylation sites (tertiary alicyclic amines) is 1. The molecule has 2 aromatic heterocycles. The summed E-state index contributed by atoms with van der Waals surface area (Å²) in [6.45, 7) is 1.03. The number of hydrogen-bond acceptors (Lipinski definition) is 4. The maximum absolute atomic E-state index is 12.7. The van der Waals surface area contributed by atoms with E-state index in [4.69, 9.17) is 0 Å². The summed E-state index contributed by atoms with van der Waals surface area (Å²) in [5, 5.41) is 4.20. The van der Waals surface area contributed by atoms with Gasteiger partial charge in [0, 0.05) is 31.1 Å². The summed E-state index contributed by atoms with van der Waals surface area (Å²) >= 11 is 0. The number of aromatic nitrogens is 2. The zero-order valence-electron chi connectivity index (χ0n) is 12.7. The minimum absolute atomic E-state index is 0.0393. The maximum atomic E-state index is 12.7. The number of carbonyl (C=O) groups excluding carboxylic acids is 3. The quantitative estimate of drug-likeness (QED) is 0.748. The Morgan fingerprint density at radius 2 is 1.96 bits per heavy atom. The van der Waals surface area contributed by atoms with Gasteiger partial charge in [-0.25, -0.2) is 4.52 Å². The predicted molar refractivity (Wildman–Crippen MR) is 82.0 cm³/mol. The molecule has 6 heteroatoms. The van der Waals surface area contributed by atoms with Gasteiger partial charge in [-0.2, -0.15) is 5.10 Å². The molecular formula is C17H17N3O3. The third-order valence-corrected chi connectivity index (χ3v) is 5.15. The summed E-state index contributed by atoms with van der Waals surface area (Å²) < 4.78 is 1.68. The molecule has 4 rings (SSSR count). The Balaban J connectivity index is 1.53. The van der Waals surface area contributed by atoms with Crippen molar-refractivity contribution in [2.75, 3.05) is 13.1 Å². The van der Waals surface area contributed by atoms with E-state index in [1.54, 1.807) is 21.8 Å². The van der Waals surface area contributed by atoms with E-state index in [1.165, 1.54) is 0 Å². The average molecular weight is 311 g/mol. The van der Waals surface area contributed by atoms with Crippen molar-refractivity contribution in [2.24, 2.45) is 5.41 Å². The monoisotopic (exact) mass is 311 g/mol. The Morgan fingerprint density at radius 3 is 2.65 bits per heavy atom. The number of fused-ring (bicyclic) bond motifs is 1. The van der Waals surface area contributed by atoms with Gasteiger partial charge in [-0.1, -0.05) is 6.07 Å². The smallest absolute Gasteiger partial charge is 0.257 e. The first-order chi connectivity index (χ1) is 11.1. The van der Waals surface area contributed by atoms with Gasteiger partial charge in [-0.3, -0.25) is 14.4 Å². The fourth-order valence-corrected chi connectivity index (χ4v) is 3.77. The molecule has 2 fully saturated rings. The molecule has 0 N–H and O–H groups in total. The van der Waals surface area contributed by atoms with Crippen LogP contribution in [0.5, 0.6) is 0 Å². The Bertz CT molecular complexity index is 815. The highest BCUT2D eigenvalue weighted by atomic mass is 16.2. The fraction of sp³-hybridized carbons (Fsp3) is 0.412. The Morgan fingerprint density at radius 1 is 1.17 bits per heavy atom. The van der Waals surface area contributed by atoms with Crippen molar-refractivity contribution in [3.05, 3.63) is 36.2 Å². The molecule has 1 aliphatic heterocycles. The number of carbonyl (C=O) groups is 3. The lowest BCUT2D eigenvalue weighted by atomic mass is 9.76. The van der Waals surface area contributed by atoms with Gasteiger partial charge in [-0.15, -0.1) is 0 Å². The summed E-state index contributed by atoms with van der Waals surface area (Å²) in [6, 6.07) is 5.61. The van der Waals surface area contributed by atoms with Crippen molar-refractivity contribution >= 4 is 23.0 Å². The van der Waals surface area contributed by atoms with Crippen molar-refractivity contribution in [3.8, 4) is 0 Å². The van der Waals surface area contributed by atoms with Crippen LogP contribution in [0.3, 0.4) is 0 Å². The molecule has 0 bridgehead atoms. The summed E-state index contributed by atoms with van der Waals surface area (Å²) in [4.78, 5) is 38.2. The van der Waals surface area contributed by atoms with E-state index in [-0.39, 0.29) is 23.9 Å². The lowest BCUT2D eigenvalue weighted by Gasteiger charge is -2.37. The molecule has 118 valence electrons. The summed E-state index contributed by atoms with van der Waals surface area (Å²) in [7, 11) is 0. The molecule has 3 heterocycles. The van der Waals surface area contributed by atoms with Gasteiger partial charge in [0.1, 0.15) is 11.6 Å². The van der Waals surface area contributed by atoms with Crippen LogP contribution in [-0.4, -0.2) is 45.1 Å². The molecule has 1 aliphatic carbocycles. The number of pyridine rings is 1. The topological polar surface area (TPSA) is 71.8 Å². The largest absolute Gasteiger partial charge is 0.338 e. The van der Waals surface area contributed by atoms with Gasteiger partial charge in [0.15, 0.2) is 0 Å². The predicted octanol–water partition coefficient (Wildman–Crippen LogP) is 1.49. The normalized spacial score (nSPS) is 20.6. The number of amides is 1. The van der Waals surface area contributed by atoms with E-state index in [1.807, 2.05) is 18.2 Å². The first-order valence-electron chi connectivity index (χ1n) is 7.86. The van der Waals surface area contributed by atoms with Gasteiger partial charge in [0.2, 0.25) is 0 Å². The van der Waals surface area contributed by atoms with Crippen LogP contribution < -0.4 is 0 Å². The van der Waals surface area contributed by atoms with Crippen molar-refractivity contribution < 1.29 is 14.4 Å². The number of ketones is 2. The molecule has 1 amide bonds. The van der Waals surface area contributed by atoms with Gasteiger partial charge in [0.05, 0.1) is 23.7 Å². The van der Waals surface area contributed by atoms with Gasteiger partial charge >= 0.3 is 0 Å². The Kier molecular flexibility index (Phi) is 3.07. The van der Waals surface area contributed by atoms with Crippen LogP contribution in [0, 0.1) is 5.41 Å².